The Labute approximate surface area is 124 Å². The van der Waals surface area contributed by atoms with Gasteiger partial charge in [-0.2, -0.15) is 13.2 Å². The van der Waals surface area contributed by atoms with Gasteiger partial charge in [0.15, 0.2) is 5.78 Å². The van der Waals surface area contributed by atoms with Gasteiger partial charge >= 0.3 is 12.1 Å². The zero-order chi connectivity index (χ0) is 16.0. The summed E-state index contributed by atoms with van der Waals surface area (Å²) < 4.78 is 36.6. The lowest BCUT2D eigenvalue weighted by Gasteiger charge is -2.38. The lowest BCUT2D eigenvalue weighted by Crippen LogP contribution is -2.44. The predicted octanol–water partition coefficient (Wildman–Crippen LogP) is 2.63. The van der Waals surface area contributed by atoms with Crippen molar-refractivity contribution in [1.29, 1.82) is 0 Å². The van der Waals surface area contributed by atoms with Crippen LogP contribution < -0.4 is 0 Å². The first-order valence-electron chi connectivity index (χ1n) is 6.99. The molecule has 0 aromatic heterocycles. The van der Waals surface area contributed by atoms with Crippen molar-refractivity contribution in [2.24, 2.45) is 0 Å². The molecule has 1 aliphatic heterocycles. The molecular formula is C15H14F3NO3. The molecule has 0 radical (unpaired) electrons. The van der Waals surface area contributed by atoms with Crippen LogP contribution in [0.2, 0.25) is 0 Å². The predicted molar refractivity (Wildman–Crippen MR) is 70.0 cm³/mol. The Bertz CT molecular complexity index is 619. The number of Topliss-reactive ketones (excluding diaryl/α,β-unsaturated/α-hetero) is 1. The molecule has 1 aromatic carbocycles. The van der Waals surface area contributed by atoms with Crippen molar-refractivity contribution < 1.29 is 27.6 Å². The quantitative estimate of drug-likeness (QED) is 0.799. The molecular weight excluding hydrogens is 299 g/mol. The highest BCUT2D eigenvalue weighted by Crippen LogP contribution is 2.46. The number of piperidine rings is 1. The summed E-state index contributed by atoms with van der Waals surface area (Å²) in [5.41, 5.74) is 1.32. The number of hydrogen-bond acceptors (Lipinski definition) is 4. The first-order chi connectivity index (χ1) is 10.3. The van der Waals surface area contributed by atoms with Crippen molar-refractivity contribution in [3.63, 3.8) is 0 Å². The number of hydroxylamine groups is 2. The maximum Gasteiger partial charge on any atom is 0.492 e. The standard InChI is InChI=1S/C15H14F3NO3/c16-15(17,18)13(21)22-19-7-5-14(6-8-19)9-12(20)10-3-1-2-4-11(10)14/h1-4H,5-9H2. The molecule has 1 fully saturated rings. The molecule has 0 saturated carbocycles. The number of nitrogens with zero attached hydrogens (tertiary/aromatic N) is 1. The number of alkyl halides is 3. The molecule has 1 saturated heterocycles. The molecule has 1 heterocycles. The summed E-state index contributed by atoms with van der Waals surface area (Å²) in [6, 6.07) is 7.34. The lowest BCUT2D eigenvalue weighted by atomic mass is 9.74. The Morgan fingerprint density at radius 3 is 2.45 bits per heavy atom. The molecule has 1 aromatic rings. The number of hydrogen-bond donors (Lipinski definition) is 0. The third-order valence-corrected chi connectivity index (χ3v) is 4.42. The molecule has 1 spiro atoms. The Morgan fingerprint density at radius 2 is 1.82 bits per heavy atom. The number of rotatable bonds is 1. The third-order valence-electron chi connectivity index (χ3n) is 4.42. The number of benzene rings is 1. The van der Waals surface area contributed by atoms with Crippen molar-refractivity contribution in [2.75, 3.05) is 13.1 Å². The Kier molecular flexibility index (Phi) is 3.47. The minimum absolute atomic E-state index is 0.0661. The first kappa shape index (κ1) is 15.0. The summed E-state index contributed by atoms with van der Waals surface area (Å²) in [5.74, 6) is -2.14. The summed E-state index contributed by atoms with van der Waals surface area (Å²) in [5, 5.41) is 1.03. The van der Waals surface area contributed by atoms with Gasteiger partial charge in [-0.3, -0.25) is 4.79 Å². The number of fused-ring (bicyclic) bond motifs is 2. The highest BCUT2D eigenvalue weighted by molar-refractivity contribution is 6.02. The monoisotopic (exact) mass is 313 g/mol. The van der Waals surface area contributed by atoms with E-state index in [1.54, 1.807) is 12.1 Å². The van der Waals surface area contributed by atoms with Gasteiger partial charge in [0.1, 0.15) is 0 Å². The van der Waals surface area contributed by atoms with Crippen molar-refractivity contribution in [3.8, 4) is 0 Å². The largest absolute Gasteiger partial charge is 0.492 e. The van der Waals surface area contributed by atoms with Gasteiger partial charge < -0.3 is 4.84 Å². The minimum atomic E-state index is -4.99. The van der Waals surface area contributed by atoms with Crippen LogP contribution in [-0.4, -0.2) is 36.1 Å². The molecule has 4 nitrogen and oxygen atoms in total. The Hall–Kier alpha value is -1.89. The van der Waals surface area contributed by atoms with Crippen LogP contribution in [0.15, 0.2) is 24.3 Å². The number of ketones is 1. The van der Waals surface area contributed by atoms with Gasteiger partial charge in [0.25, 0.3) is 0 Å². The van der Waals surface area contributed by atoms with E-state index in [4.69, 9.17) is 0 Å². The number of carbonyl (C=O) groups excluding carboxylic acids is 2. The second-order valence-electron chi connectivity index (χ2n) is 5.73. The van der Waals surface area contributed by atoms with Crippen molar-refractivity contribution in [3.05, 3.63) is 35.4 Å². The summed E-state index contributed by atoms with van der Waals surface area (Å²) in [6.07, 6.45) is -3.65. The van der Waals surface area contributed by atoms with E-state index in [2.05, 4.69) is 4.84 Å². The molecule has 0 amide bonds. The maximum atomic E-state index is 12.2. The van der Waals surface area contributed by atoms with Crippen molar-refractivity contribution in [2.45, 2.75) is 30.9 Å². The van der Waals surface area contributed by atoms with E-state index in [0.717, 1.165) is 10.6 Å². The van der Waals surface area contributed by atoms with Crippen molar-refractivity contribution >= 4 is 11.8 Å². The van der Waals surface area contributed by atoms with Crippen LogP contribution in [0, 0.1) is 0 Å². The highest BCUT2D eigenvalue weighted by Gasteiger charge is 2.47. The molecule has 0 atom stereocenters. The van der Waals surface area contributed by atoms with Crippen LogP contribution in [0.1, 0.15) is 35.2 Å². The molecule has 0 N–H and O–H groups in total. The van der Waals surface area contributed by atoms with Gasteiger partial charge in [-0.1, -0.05) is 24.3 Å². The molecule has 0 bridgehead atoms. The first-order valence-corrected chi connectivity index (χ1v) is 6.99. The van der Waals surface area contributed by atoms with Crippen LogP contribution >= 0.6 is 0 Å². The Balaban J connectivity index is 1.70. The summed E-state index contributed by atoms with van der Waals surface area (Å²) in [6.45, 7) is 0.368. The second kappa shape index (κ2) is 5.08. The number of carbonyl (C=O) groups is 2. The van der Waals surface area contributed by atoms with Crippen molar-refractivity contribution in [1.82, 2.24) is 5.06 Å². The fraction of sp³-hybridized carbons (Fsp3) is 0.467. The van der Waals surface area contributed by atoms with Crippen LogP contribution in [0.4, 0.5) is 13.2 Å². The second-order valence-corrected chi connectivity index (χ2v) is 5.73. The SMILES string of the molecule is O=C1CC2(CCN(OC(=O)C(F)(F)F)CC2)c2ccccc21. The van der Waals surface area contributed by atoms with Gasteiger partial charge in [-0.05, 0) is 18.4 Å². The lowest BCUT2D eigenvalue weighted by molar-refractivity contribution is -0.242. The summed E-state index contributed by atoms with van der Waals surface area (Å²) >= 11 is 0. The van der Waals surface area contributed by atoms with Gasteiger partial charge in [-0.15, -0.1) is 5.06 Å². The highest BCUT2D eigenvalue weighted by atomic mass is 19.4. The molecule has 7 heteroatoms. The number of halogens is 3. The van der Waals surface area contributed by atoms with E-state index in [1.807, 2.05) is 12.1 Å². The molecule has 22 heavy (non-hydrogen) atoms. The summed E-state index contributed by atoms with van der Waals surface area (Å²) in [4.78, 5) is 27.3. The van der Waals surface area contributed by atoms with Crippen LogP contribution in [0.5, 0.6) is 0 Å². The minimum Gasteiger partial charge on any atom is -0.361 e. The zero-order valence-corrected chi connectivity index (χ0v) is 11.7. The fourth-order valence-electron chi connectivity index (χ4n) is 3.31. The molecule has 1 aliphatic carbocycles. The van der Waals surface area contributed by atoms with Gasteiger partial charge in [0.2, 0.25) is 0 Å². The van der Waals surface area contributed by atoms with Crippen LogP contribution in [0.25, 0.3) is 0 Å². The normalized spacial score (nSPS) is 21.0. The van der Waals surface area contributed by atoms with Crippen LogP contribution in [-0.2, 0) is 15.0 Å². The van der Waals surface area contributed by atoms with Gasteiger partial charge in [0, 0.05) is 30.5 Å². The Morgan fingerprint density at radius 1 is 1.18 bits per heavy atom. The third kappa shape index (κ3) is 2.49. The maximum absolute atomic E-state index is 12.2. The molecule has 2 aliphatic rings. The average molecular weight is 313 g/mol. The van der Waals surface area contributed by atoms with Gasteiger partial charge in [-0.25, -0.2) is 4.79 Å². The van der Waals surface area contributed by atoms with E-state index >= 15 is 0 Å². The van der Waals surface area contributed by atoms with E-state index in [-0.39, 0.29) is 24.3 Å². The molecule has 118 valence electrons. The summed E-state index contributed by atoms with van der Waals surface area (Å²) in [7, 11) is 0. The van der Waals surface area contributed by atoms with Gasteiger partial charge in [0.05, 0.1) is 0 Å². The topological polar surface area (TPSA) is 46.6 Å². The van der Waals surface area contributed by atoms with E-state index in [1.165, 1.54) is 0 Å². The fourth-order valence-corrected chi connectivity index (χ4v) is 3.31. The van der Waals surface area contributed by atoms with E-state index < -0.39 is 12.1 Å². The van der Waals surface area contributed by atoms with E-state index in [0.29, 0.717) is 24.8 Å². The molecule has 3 rings (SSSR count). The van der Waals surface area contributed by atoms with Crippen LogP contribution in [0.3, 0.4) is 0 Å². The zero-order valence-electron chi connectivity index (χ0n) is 11.7. The average Bonchev–Trinajstić information content (AvgIpc) is 2.74. The molecule has 0 unspecified atom stereocenters. The smallest absolute Gasteiger partial charge is 0.361 e. The van der Waals surface area contributed by atoms with E-state index in [9.17, 15) is 22.8 Å².